The second kappa shape index (κ2) is 10.2. The Kier molecular flexibility index (Phi) is 7.10. The van der Waals surface area contributed by atoms with Gasteiger partial charge in [-0.25, -0.2) is 0 Å². The van der Waals surface area contributed by atoms with Gasteiger partial charge in [-0.05, 0) is 73.0 Å². The maximum Gasteiger partial charge on any atom is 0.213 e. The lowest BCUT2D eigenvalue weighted by atomic mass is 10.0. The van der Waals surface area contributed by atoms with Crippen LogP contribution in [0.2, 0.25) is 0 Å². The molecular weight excluding hydrogens is 468 g/mol. The van der Waals surface area contributed by atoms with Crippen LogP contribution in [0.3, 0.4) is 0 Å². The number of pyridine rings is 1. The molecule has 0 fully saturated rings. The van der Waals surface area contributed by atoms with Crippen LogP contribution in [-0.4, -0.2) is 14.1 Å². The third-order valence-corrected chi connectivity index (χ3v) is 6.42. The van der Waals surface area contributed by atoms with Crippen LogP contribution < -0.4 is 9.47 Å². The quantitative estimate of drug-likeness (QED) is 0.248. The number of benzene rings is 3. The third kappa shape index (κ3) is 5.43. The van der Waals surface area contributed by atoms with Gasteiger partial charge in [0.05, 0.1) is 0 Å². The summed E-state index contributed by atoms with van der Waals surface area (Å²) >= 11 is 3.56. The molecule has 4 aromatic rings. The average Bonchev–Trinajstić information content (AvgIpc) is 2.83. The highest BCUT2D eigenvalue weighted by molar-refractivity contribution is 9.10. The lowest BCUT2D eigenvalue weighted by Gasteiger charge is -2.12. The predicted octanol–water partition coefficient (Wildman–Crippen LogP) is 7.64. The molecule has 0 saturated heterocycles. The van der Waals surface area contributed by atoms with Crippen LogP contribution in [-0.2, 0) is 6.54 Å². The topological polar surface area (TPSA) is 7.12 Å². The van der Waals surface area contributed by atoms with Crippen LogP contribution >= 0.6 is 15.9 Å². The number of nitrogens with zero attached hydrogens (tertiary/aromatic N) is 2. The first-order valence-electron chi connectivity index (χ1n) is 11.3. The van der Waals surface area contributed by atoms with Gasteiger partial charge in [-0.3, -0.25) is 0 Å². The molecule has 0 spiro atoms. The normalized spacial score (nSPS) is 11.2. The van der Waals surface area contributed by atoms with Crippen molar-refractivity contribution in [2.24, 2.45) is 0 Å². The molecule has 0 radical (unpaired) electrons. The Balaban J connectivity index is 1.83. The van der Waals surface area contributed by atoms with E-state index < -0.39 is 0 Å². The number of hydrogen-bond donors (Lipinski definition) is 0. The number of aromatic nitrogens is 1. The zero-order valence-corrected chi connectivity index (χ0v) is 21.3. The van der Waals surface area contributed by atoms with Gasteiger partial charge in [0.25, 0.3) is 0 Å². The molecule has 0 aliphatic heterocycles. The van der Waals surface area contributed by atoms with Crippen LogP contribution in [0.4, 0.5) is 5.69 Å². The van der Waals surface area contributed by atoms with E-state index in [0.29, 0.717) is 0 Å². The molecule has 0 N–H and O–H groups in total. The van der Waals surface area contributed by atoms with Crippen molar-refractivity contribution in [3.8, 4) is 22.4 Å². The minimum absolute atomic E-state index is 0.892. The van der Waals surface area contributed by atoms with E-state index in [1.165, 1.54) is 44.9 Å². The fourth-order valence-corrected chi connectivity index (χ4v) is 4.24. The number of rotatable bonds is 6. The average molecular weight is 498 g/mol. The molecule has 0 atom stereocenters. The highest BCUT2D eigenvalue weighted by Gasteiger charge is 2.18. The largest absolute Gasteiger partial charge is 0.378 e. The van der Waals surface area contributed by atoms with Gasteiger partial charge >= 0.3 is 0 Å². The van der Waals surface area contributed by atoms with Gasteiger partial charge < -0.3 is 4.90 Å². The molecule has 0 unspecified atom stereocenters. The first-order chi connectivity index (χ1) is 15.9. The molecule has 0 amide bonds. The van der Waals surface area contributed by atoms with Crippen LogP contribution in [0.5, 0.6) is 0 Å². The van der Waals surface area contributed by atoms with Gasteiger partial charge in [0.1, 0.15) is 6.54 Å². The standard InChI is InChI=1S/C30H30BrN2/c1-5-33-29(19-10-23-8-17-28(18-9-23)32(3)4)20-26(24-13-15-27(31)16-14-24)21-30(33)25-11-6-22(2)7-12-25/h6-21H,5H2,1-4H3/q+1. The number of aryl methyl sites for hydroxylation is 1. The molecule has 0 aliphatic carbocycles. The molecule has 3 aromatic carbocycles. The summed E-state index contributed by atoms with van der Waals surface area (Å²) in [5.41, 5.74) is 9.72. The minimum atomic E-state index is 0.892. The van der Waals surface area contributed by atoms with Crippen LogP contribution in [0, 0.1) is 6.92 Å². The van der Waals surface area contributed by atoms with Gasteiger partial charge in [-0.1, -0.05) is 57.9 Å². The second-order valence-electron chi connectivity index (χ2n) is 8.49. The summed E-state index contributed by atoms with van der Waals surface area (Å²) in [5.74, 6) is 0. The van der Waals surface area contributed by atoms with Crippen molar-refractivity contribution in [3.63, 3.8) is 0 Å². The number of halogens is 1. The van der Waals surface area contributed by atoms with Crippen molar-refractivity contribution in [1.82, 2.24) is 0 Å². The Hall–Kier alpha value is -3.17. The summed E-state index contributed by atoms with van der Waals surface area (Å²) in [6.07, 6.45) is 4.43. The zero-order valence-electron chi connectivity index (χ0n) is 19.7. The summed E-state index contributed by atoms with van der Waals surface area (Å²) in [7, 11) is 4.13. The molecule has 166 valence electrons. The first-order valence-corrected chi connectivity index (χ1v) is 12.1. The summed E-state index contributed by atoms with van der Waals surface area (Å²) in [6, 6.07) is 30.6. The fourth-order valence-electron chi connectivity index (χ4n) is 3.97. The summed E-state index contributed by atoms with van der Waals surface area (Å²) < 4.78 is 3.48. The lowest BCUT2D eigenvalue weighted by molar-refractivity contribution is -0.684. The van der Waals surface area contributed by atoms with E-state index in [1.807, 2.05) is 0 Å². The van der Waals surface area contributed by atoms with Gasteiger partial charge in [0.2, 0.25) is 11.4 Å². The molecule has 1 heterocycles. The van der Waals surface area contributed by atoms with Crippen LogP contribution in [0.1, 0.15) is 23.7 Å². The smallest absolute Gasteiger partial charge is 0.213 e. The summed E-state index contributed by atoms with van der Waals surface area (Å²) in [5, 5.41) is 0. The Morgan fingerprint density at radius 1 is 0.758 bits per heavy atom. The van der Waals surface area contributed by atoms with Gasteiger partial charge in [-0.2, -0.15) is 4.57 Å². The molecule has 0 bridgehead atoms. The molecule has 3 heteroatoms. The van der Waals surface area contributed by atoms with Crippen molar-refractivity contribution >= 4 is 33.8 Å². The Morgan fingerprint density at radius 3 is 2.00 bits per heavy atom. The maximum absolute atomic E-state index is 3.56. The monoisotopic (exact) mass is 497 g/mol. The molecule has 4 rings (SSSR count). The van der Waals surface area contributed by atoms with Gasteiger partial charge in [-0.15, -0.1) is 0 Å². The van der Waals surface area contributed by atoms with E-state index in [-0.39, 0.29) is 0 Å². The molecule has 0 aliphatic rings. The van der Waals surface area contributed by atoms with Crippen molar-refractivity contribution in [2.45, 2.75) is 20.4 Å². The molecule has 33 heavy (non-hydrogen) atoms. The lowest BCUT2D eigenvalue weighted by Crippen LogP contribution is -2.38. The van der Waals surface area contributed by atoms with Crippen molar-refractivity contribution in [2.75, 3.05) is 19.0 Å². The second-order valence-corrected chi connectivity index (χ2v) is 9.41. The summed E-state index contributed by atoms with van der Waals surface area (Å²) in [6.45, 7) is 5.23. The minimum Gasteiger partial charge on any atom is -0.378 e. The van der Waals surface area contributed by atoms with E-state index >= 15 is 0 Å². The van der Waals surface area contributed by atoms with Gasteiger partial charge in [0, 0.05) is 48.0 Å². The number of hydrogen-bond acceptors (Lipinski definition) is 1. The predicted molar refractivity (Wildman–Crippen MR) is 145 cm³/mol. The third-order valence-electron chi connectivity index (χ3n) is 5.90. The van der Waals surface area contributed by atoms with E-state index in [1.54, 1.807) is 0 Å². The Bertz CT molecular complexity index is 1250. The fraction of sp³-hybridized carbons (Fsp3) is 0.167. The first kappa shape index (κ1) is 23.0. The molecule has 0 saturated carbocycles. The Morgan fingerprint density at radius 2 is 1.39 bits per heavy atom. The highest BCUT2D eigenvalue weighted by atomic mass is 79.9. The van der Waals surface area contributed by atoms with Crippen LogP contribution in [0.15, 0.2) is 89.4 Å². The summed E-state index contributed by atoms with van der Waals surface area (Å²) in [4.78, 5) is 2.12. The van der Waals surface area contributed by atoms with Gasteiger partial charge in [0.15, 0.2) is 0 Å². The van der Waals surface area contributed by atoms with Crippen molar-refractivity contribution in [3.05, 3.63) is 106 Å². The molecule has 2 nitrogen and oxygen atoms in total. The highest BCUT2D eigenvalue weighted by Crippen LogP contribution is 2.27. The SMILES string of the molecule is CC[n+]1c(C=Cc2ccc(N(C)C)cc2)cc(-c2ccc(Br)cc2)cc1-c1ccc(C)cc1. The number of anilines is 1. The zero-order chi connectivity index (χ0) is 23.4. The van der Waals surface area contributed by atoms with Crippen LogP contribution in [0.25, 0.3) is 34.5 Å². The maximum atomic E-state index is 3.56. The molecule has 1 aromatic heterocycles. The van der Waals surface area contributed by atoms with E-state index in [4.69, 9.17) is 0 Å². The van der Waals surface area contributed by atoms with E-state index in [2.05, 4.69) is 150 Å². The molecular formula is C30H30BrN2+. The van der Waals surface area contributed by atoms with E-state index in [9.17, 15) is 0 Å². The van der Waals surface area contributed by atoms with Crippen molar-refractivity contribution in [1.29, 1.82) is 0 Å². The Labute approximate surface area is 206 Å². The van der Waals surface area contributed by atoms with Crippen molar-refractivity contribution < 1.29 is 4.57 Å². The van der Waals surface area contributed by atoms with E-state index in [0.717, 1.165) is 11.0 Å².